The van der Waals surface area contributed by atoms with Crippen LogP contribution in [-0.4, -0.2) is 46.7 Å². The van der Waals surface area contributed by atoms with Gasteiger partial charge < -0.3 is 15.2 Å². The van der Waals surface area contributed by atoms with E-state index in [2.05, 4.69) is 10.4 Å². The van der Waals surface area contributed by atoms with Crippen molar-refractivity contribution in [3.05, 3.63) is 24.3 Å². The Bertz CT molecular complexity index is 767. The molecule has 28 heavy (non-hydrogen) atoms. The first-order valence-corrected chi connectivity index (χ1v) is 8.78. The molecular formula is C18H22F3N3O4. The maximum absolute atomic E-state index is 13.5. The zero-order chi connectivity index (χ0) is 20.9. The Morgan fingerprint density at radius 1 is 1.32 bits per heavy atom. The molecule has 0 aromatic heterocycles. The SMILES string of the molecule is CCCCCC1=NN(C(=O)C(=O)Nc2ccccc2OC)[C@](O)(C(F)(F)F)C1. The van der Waals surface area contributed by atoms with Crippen molar-refractivity contribution >= 4 is 23.2 Å². The van der Waals surface area contributed by atoms with Crippen molar-refractivity contribution in [2.45, 2.75) is 50.9 Å². The summed E-state index contributed by atoms with van der Waals surface area (Å²) in [5.41, 5.74) is -3.43. The lowest BCUT2D eigenvalue weighted by molar-refractivity contribution is -0.301. The molecule has 10 heteroatoms. The molecule has 1 aromatic carbocycles. The molecule has 0 saturated carbocycles. The van der Waals surface area contributed by atoms with Crippen LogP contribution in [0.2, 0.25) is 0 Å². The summed E-state index contributed by atoms with van der Waals surface area (Å²) in [4.78, 5) is 24.6. The van der Waals surface area contributed by atoms with E-state index in [1.165, 1.54) is 19.2 Å². The minimum atomic E-state index is -5.18. The minimum absolute atomic E-state index is 0.0201. The molecule has 1 atom stereocenters. The number of rotatable bonds is 6. The van der Waals surface area contributed by atoms with E-state index in [9.17, 15) is 27.9 Å². The van der Waals surface area contributed by atoms with Gasteiger partial charge in [0, 0.05) is 12.1 Å². The maximum atomic E-state index is 13.5. The largest absolute Gasteiger partial charge is 0.495 e. The van der Waals surface area contributed by atoms with Gasteiger partial charge in [-0.3, -0.25) is 9.59 Å². The smallest absolute Gasteiger partial charge is 0.438 e. The highest BCUT2D eigenvalue weighted by Gasteiger charge is 2.63. The fourth-order valence-electron chi connectivity index (χ4n) is 2.79. The zero-order valence-corrected chi connectivity index (χ0v) is 15.5. The zero-order valence-electron chi connectivity index (χ0n) is 15.5. The number of amides is 2. The van der Waals surface area contributed by atoms with Gasteiger partial charge in [-0.05, 0) is 25.0 Å². The Hall–Kier alpha value is -2.62. The van der Waals surface area contributed by atoms with Crippen LogP contribution in [0.1, 0.15) is 39.0 Å². The number of anilines is 1. The number of hydrazone groups is 1. The summed E-state index contributed by atoms with van der Waals surface area (Å²) in [6, 6.07) is 6.09. The molecule has 1 aromatic rings. The van der Waals surface area contributed by atoms with Crippen LogP contribution >= 0.6 is 0 Å². The third kappa shape index (κ3) is 4.44. The van der Waals surface area contributed by atoms with Crippen LogP contribution in [0.4, 0.5) is 18.9 Å². The van der Waals surface area contributed by atoms with Gasteiger partial charge in [0.15, 0.2) is 0 Å². The second kappa shape index (κ2) is 8.59. The summed E-state index contributed by atoms with van der Waals surface area (Å²) < 4.78 is 45.4. The molecule has 0 radical (unpaired) electrons. The third-order valence-corrected chi connectivity index (χ3v) is 4.31. The highest BCUT2D eigenvalue weighted by atomic mass is 19.4. The first-order chi connectivity index (χ1) is 13.1. The number of unbranched alkanes of at least 4 members (excludes halogenated alkanes) is 2. The van der Waals surface area contributed by atoms with Gasteiger partial charge in [-0.2, -0.15) is 23.3 Å². The van der Waals surface area contributed by atoms with Gasteiger partial charge in [0.1, 0.15) is 5.75 Å². The summed E-state index contributed by atoms with van der Waals surface area (Å²) in [6.07, 6.45) is -3.67. The highest BCUT2D eigenvalue weighted by Crippen LogP contribution is 2.41. The number of benzene rings is 1. The monoisotopic (exact) mass is 401 g/mol. The maximum Gasteiger partial charge on any atom is 0.438 e. The van der Waals surface area contributed by atoms with Gasteiger partial charge in [0.2, 0.25) is 0 Å². The Labute approximate surface area is 160 Å². The first-order valence-electron chi connectivity index (χ1n) is 8.78. The fourth-order valence-corrected chi connectivity index (χ4v) is 2.79. The Morgan fingerprint density at radius 2 is 2.00 bits per heavy atom. The molecular weight excluding hydrogens is 379 g/mol. The molecule has 0 unspecified atom stereocenters. The lowest BCUT2D eigenvalue weighted by atomic mass is 10.0. The number of para-hydroxylation sites is 2. The molecule has 154 valence electrons. The number of hydrogen-bond acceptors (Lipinski definition) is 5. The standard InChI is InChI=1S/C18H22F3N3O4/c1-3-4-5-8-12-11-17(27,18(19,20)21)24(23-12)16(26)15(25)22-13-9-6-7-10-14(13)28-2/h6-7,9-10,27H,3-5,8,11H2,1-2H3,(H,22,25)/t17-/m1/s1. The molecule has 7 nitrogen and oxygen atoms in total. The van der Waals surface area contributed by atoms with Gasteiger partial charge in [-0.25, -0.2) is 0 Å². The van der Waals surface area contributed by atoms with Crippen molar-refractivity contribution in [3.63, 3.8) is 0 Å². The van der Waals surface area contributed by atoms with Crippen molar-refractivity contribution in [3.8, 4) is 5.75 Å². The van der Waals surface area contributed by atoms with Crippen molar-refractivity contribution < 1.29 is 32.6 Å². The topological polar surface area (TPSA) is 91.2 Å². The molecule has 1 heterocycles. The summed E-state index contributed by atoms with van der Waals surface area (Å²) in [5.74, 6) is -2.76. The van der Waals surface area contributed by atoms with E-state index >= 15 is 0 Å². The Balaban J connectivity index is 2.24. The van der Waals surface area contributed by atoms with Crippen LogP contribution < -0.4 is 10.1 Å². The number of halogens is 3. The van der Waals surface area contributed by atoms with Crippen molar-refractivity contribution in [2.24, 2.45) is 5.10 Å². The molecule has 0 spiro atoms. The number of alkyl halides is 3. The molecule has 0 saturated heterocycles. The van der Waals surface area contributed by atoms with E-state index < -0.39 is 30.1 Å². The molecule has 1 aliphatic rings. The summed E-state index contributed by atoms with van der Waals surface area (Å²) in [7, 11) is 1.34. The van der Waals surface area contributed by atoms with Crippen LogP contribution in [0, 0.1) is 0 Å². The van der Waals surface area contributed by atoms with Crippen LogP contribution in [0.25, 0.3) is 0 Å². The number of nitrogens with one attached hydrogen (secondary N) is 1. The quantitative estimate of drug-likeness (QED) is 0.566. The van der Waals surface area contributed by atoms with E-state index in [0.29, 0.717) is 6.42 Å². The van der Waals surface area contributed by atoms with E-state index in [4.69, 9.17) is 4.74 Å². The van der Waals surface area contributed by atoms with Gasteiger partial charge in [-0.15, -0.1) is 0 Å². The second-order valence-electron chi connectivity index (χ2n) is 6.39. The Kier molecular flexibility index (Phi) is 6.65. The summed E-state index contributed by atoms with van der Waals surface area (Å²) in [6.45, 7) is 1.93. The van der Waals surface area contributed by atoms with E-state index in [-0.39, 0.29) is 28.6 Å². The number of nitrogens with zero attached hydrogens (tertiary/aromatic N) is 2. The third-order valence-electron chi connectivity index (χ3n) is 4.31. The van der Waals surface area contributed by atoms with Crippen molar-refractivity contribution in [2.75, 3.05) is 12.4 Å². The molecule has 2 rings (SSSR count). The number of carbonyl (C=O) groups is 2. The summed E-state index contributed by atoms with van der Waals surface area (Å²) in [5, 5.41) is 15.8. The molecule has 2 amide bonds. The highest BCUT2D eigenvalue weighted by molar-refractivity contribution is 6.40. The minimum Gasteiger partial charge on any atom is -0.495 e. The van der Waals surface area contributed by atoms with Crippen LogP contribution in [0.5, 0.6) is 5.75 Å². The lowest BCUT2D eigenvalue weighted by Gasteiger charge is -2.32. The lowest BCUT2D eigenvalue weighted by Crippen LogP contribution is -2.58. The van der Waals surface area contributed by atoms with E-state index in [1.54, 1.807) is 12.1 Å². The van der Waals surface area contributed by atoms with Crippen LogP contribution in [0.15, 0.2) is 29.4 Å². The van der Waals surface area contributed by atoms with Gasteiger partial charge in [-0.1, -0.05) is 31.9 Å². The number of ether oxygens (including phenoxy) is 1. The van der Waals surface area contributed by atoms with Gasteiger partial charge in [0.25, 0.3) is 5.72 Å². The molecule has 0 bridgehead atoms. The fraction of sp³-hybridized carbons (Fsp3) is 0.500. The van der Waals surface area contributed by atoms with E-state index in [0.717, 1.165) is 12.8 Å². The average Bonchev–Trinajstić information content (AvgIpc) is 2.99. The molecule has 0 aliphatic carbocycles. The molecule has 0 fully saturated rings. The molecule has 1 aliphatic heterocycles. The van der Waals surface area contributed by atoms with E-state index in [1.807, 2.05) is 6.92 Å². The predicted octanol–water partition coefficient (Wildman–Crippen LogP) is 3.05. The normalized spacial score (nSPS) is 19.4. The van der Waals surface area contributed by atoms with Gasteiger partial charge >= 0.3 is 18.0 Å². The number of methoxy groups -OCH3 is 1. The number of hydrogen-bond donors (Lipinski definition) is 2. The van der Waals surface area contributed by atoms with Gasteiger partial charge in [0.05, 0.1) is 12.8 Å². The first kappa shape index (κ1) is 21.7. The predicted molar refractivity (Wildman–Crippen MR) is 95.7 cm³/mol. The van der Waals surface area contributed by atoms with Crippen LogP contribution in [-0.2, 0) is 9.59 Å². The van der Waals surface area contributed by atoms with Crippen molar-refractivity contribution in [1.29, 1.82) is 0 Å². The number of aliphatic hydroxyl groups is 1. The second-order valence-corrected chi connectivity index (χ2v) is 6.39. The molecule has 2 N–H and O–H groups in total. The average molecular weight is 401 g/mol. The van der Waals surface area contributed by atoms with Crippen LogP contribution in [0.3, 0.4) is 0 Å². The Morgan fingerprint density at radius 3 is 2.61 bits per heavy atom. The summed E-state index contributed by atoms with van der Waals surface area (Å²) >= 11 is 0. The number of carbonyl (C=O) groups excluding carboxylic acids is 2. The van der Waals surface area contributed by atoms with Crippen molar-refractivity contribution in [1.82, 2.24) is 5.01 Å².